The van der Waals surface area contributed by atoms with Crippen molar-refractivity contribution in [2.45, 2.75) is 20.3 Å². The van der Waals surface area contributed by atoms with Crippen LogP contribution in [0.3, 0.4) is 0 Å². The Morgan fingerprint density at radius 2 is 1.95 bits per heavy atom. The number of carboxylic acid groups (broad SMARTS) is 2. The van der Waals surface area contributed by atoms with Crippen LogP contribution in [0.1, 0.15) is 22.4 Å². The number of nitriles is 1. The van der Waals surface area contributed by atoms with Crippen LogP contribution < -0.4 is 4.90 Å². The first-order valence-electron chi connectivity index (χ1n) is 5.55. The molecular formula is C12H14N2O4S. The summed E-state index contributed by atoms with van der Waals surface area (Å²) < 4.78 is 0. The number of aryl methyl sites for hydroxylation is 1. The van der Waals surface area contributed by atoms with Crippen molar-refractivity contribution in [3.05, 3.63) is 16.0 Å². The Morgan fingerprint density at radius 3 is 2.42 bits per heavy atom. The molecule has 1 aromatic rings. The van der Waals surface area contributed by atoms with Crippen LogP contribution in [-0.4, -0.2) is 35.2 Å². The molecule has 0 spiro atoms. The van der Waals surface area contributed by atoms with Gasteiger partial charge in [-0.15, -0.1) is 11.3 Å². The Bertz CT molecular complexity index is 545. The Hall–Kier alpha value is -2.07. The average Bonchev–Trinajstić information content (AvgIpc) is 2.60. The molecule has 0 unspecified atom stereocenters. The van der Waals surface area contributed by atoms with Gasteiger partial charge in [-0.2, -0.15) is 5.26 Å². The van der Waals surface area contributed by atoms with Crippen molar-refractivity contribution in [1.82, 2.24) is 0 Å². The fourth-order valence-corrected chi connectivity index (χ4v) is 2.74. The van der Waals surface area contributed by atoms with Crippen molar-refractivity contribution in [3.8, 4) is 6.07 Å². The quantitative estimate of drug-likeness (QED) is 0.821. The second-order valence-corrected chi connectivity index (χ2v) is 5.24. The average molecular weight is 282 g/mol. The summed E-state index contributed by atoms with van der Waals surface area (Å²) in [5, 5.41) is 27.2. The zero-order chi connectivity index (χ0) is 14.6. The summed E-state index contributed by atoms with van der Waals surface area (Å²) in [5.74, 6) is -2.06. The van der Waals surface area contributed by atoms with E-state index in [1.54, 1.807) is 6.92 Å². The maximum Gasteiger partial charge on any atom is 0.323 e. The van der Waals surface area contributed by atoms with E-state index in [1.807, 2.05) is 6.92 Å². The lowest BCUT2D eigenvalue weighted by molar-refractivity contribution is -0.138. The molecular weight excluding hydrogens is 268 g/mol. The highest BCUT2D eigenvalue weighted by Gasteiger charge is 2.20. The third-order valence-corrected chi connectivity index (χ3v) is 3.96. The van der Waals surface area contributed by atoms with Crippen molar-refractivity contribution >= 4 is 28.3 Å². The molecule has 1 rings (SSSR count). The number of carbonyl (C=O) groups is 2. The SMILES string of the molecule is Cc1sc(N(CCC(=O)O)CC(=O)O)c(C#N)c1C. The Kier molecular flexibility index (Phi) is 4.89. The fourth-order valence-electron chi connectivity index (χ4n) is 1.61. The molecule has 1 aromatic heterocycles. The van der Waals surface area contributed by atoms with Crippen LogP contribution in [0.2, 0.25) is 0 Å². The van der Waals surface area contributed by atoms with Gasteiger partial charge in [0.1, 0.15) is 17.6 Å². The van der Waals surface area contributed by atoms with Crippen LogP contribution >= 0.6 is 11.3 Å². The molecule has 6 nitrogen and oxygen atoms in total. The van der Waals surface area contributed by atoms with Crippen molar-refractivity contribution < 1.29 is 19.8 Å². The van der Waals surface area contributed by atoms with Crippen LogP contribution in [0.15, 0.2) is 0 Å². The largest absolute Gasteiger partial charge is 0.481 e. The minimum Gasteiger partial charge on any atom is -0.481 e. The number of anilines is 1. The monoisotopic (exact) mass is 282 g/mol. The molecule has 0 aliphatic heterocycles. The first-order chi connectivity index (χ1) is 8.86. The van der Waals surface area contributed by atoms with Crippen molar-refractivity contribution in [2.24, 2.45) is 0 Å². The van der Waals surface area contributed by atoms with E-state index in [-0.39, 0.29) is 19.5 Å². The van der Waals surface area contributed by atoms with Gasteiger partial charge in [0, 0.05) is 11.4 Å². The zero-order valence-electron chi connectivity index (χ0n) is 10.6. The number of rotatable bonds is 6. The Balaban J connectivity index is 3.10. The van der Waals surface area contributed by atoms with Gasteiger partial charge < -0.3 is 15.1 Å². The van der Waals surface area contributed by atoms with Gasteiger partial charge in [-0.05, 0) is 19.4 Å². The summed E-state index contributed by atoms with van der Waals surface area (Å²) in [7, 11) is 0. The second-order valence-electron chi connectivity index (χ2n) is 4.03. The van der Waals surface area contributed by atoms with E-state index in [0.29, 0.717) is 10.6 Å². The molecule has 0 aliphatic carbocycles. The first kappa shape index (κ1) is 15.0. The number of carboxylic acids is 2. The van der Waals surface area contributed by atoms with Crippen LogP contribution in [0.4, 0.5) is 5.00 Å². The smallest absolute Gasteiger partial charge is 0.323 e. The number of aliphatic carboxylic acids is 2. The van der Waals surface area contributed by atoms with Crippen LogP contribution in [0.5, 0.6) is 0 Å². The minimum absolute atomic E-state index is 0.0652. The number of hydrogen-bond acceptors (Lipinski definition) is 5. The molecule has 0 atom stereocenters. The molecule has 1 heterocycles. The number of hydrogen-bond donors (Lipinski definition) is 2. The normalized spacial score (nSPS) is 9.95. The molecule has 0 saturated carbocycles. The molecule has 0 amide bonds. The summed E-state index contributed by atoms with van der Waals surface area (Å²) in [4.78, 5) is 23.8. The van der Waals surface area contributed by atoms with Crippen molar-refractivity contribution in [2.75, 3.05) is 18.0 Å². The zero-order valence-corrected chi connectivity index (χ0v) is 11.5. The number of thiophene rings is 1. The predicted molar refractivity (Wildman–Crippen MR) is 70.6 cm³/mol. The lowest BCUT2D eigenvalue weighted by atomic mass is 10.2. The lowest BCUT2D eigenvalue weighted by Crippen LogP contribution is -2.31. The van der Waals surface area contributed by atoms with Crippen LogP contribution in [0.25, 0.3) is 0 Å². The molecule has 0 saturated heterocycles. The summed E-state index contributed by atoms with van der Waals surface area (Å²) in [6.45, 7) is 3.39. The molecule has 0 bridgehead atoms. The third-order valence-electron chi connectivity index (χ3n) is 2.69. The molecule has 102 valence electrons. The van der Waals surface area contributed by atoms with E-state index in [9.17, 15) is 9.59 Å². The van der Waals surface area contributed by atoms with Gasteiger partial charge in [-0.1, -0.05) is 0 Å². The molecule has 0 aromatic carbocycles. The maximum atomic E-state index is 10.9. The highest BCUT2D eigenvalue weighted by atomic mass is 32.1. The molecule has 19 heavy (non-hydrogen) atoms. The third kappa shape index (κ3) is 3.69. The van der Waals surface area contributed by atoms with E-state index in [0.717, 1.165) is 10.4 Å². The lowest BCUT2D eigenvalue weighted by Gasteiger charge is -2.20. The van der Waals surface area contributed by atoms with E-state index >= 15 is 0 Å². The maximum absolute atomic E-state index is 10.9. The van der Waals surface area contributed by atoms with Gasteiger partial charge >= 0.3 is 11.9 Å². The van der Waals surface area contributed by atoms with Crippen molar-refractivity contribution in [3.63, 3.8) is 0 Å². The van der Waals surface area contributed by atoms with E-state index < -0.39 is 11.9 Å². The van der Waals surface area contributed by atoms with Gasteiger partial charge in [-0.3, -0.25) is 9.59 Å². The van der Waals surface area contributed by atoms with Gasteiger partial charge in [0.15, 0.2) is 0 Å². The molecule has 0 fully saturated rings. The van der Waals surface area contributed by atoms with E-state index in [2.05, 4.69) is 6.07 Å². The first-order valence-corrected chi connectivity index (χ1v) is 6.37. The van der Waals surface area contributed by atoms with E-state index in [4.69, 9.17) is 15.5 Å². The molecule has 7 heteroatoms. The molecule has 0 radical (unpaired) electrons. The fraction of sp³-hybridized carbons (Fsp3) is 0.417. The molecule has 0 aliphatic rings. The van der Waals surface area contributed by atoms with Crippen LogP contribution in [0, 0.1) is 25.2 Å². The summed E-state index contributed by atoms with van der Waals surface area (Å²) >= 11 is 1.31. The summed E-state index contributed by atoms with van der Waals surface area (Å²) in [6.07, 6.45) is -0.172. The van der Waals surface area contributed by atoms with E-state index in [1.165, 1.54) is 16.2 Å². The Morgan fingerprint density at radius 1 is 1.32 bits per heavy atom. The van der Waals surface area contributed by atoms with Gasteiger partial charge in [0.05, 0.1) is 12.0 Å². The Labute approximate surface area is 114 Å². The highest BCUT2D eigenvalue weighted by molar-refractivity contribution is 7.16. The standard InChI is InChI=1S/C12H14N2O4S/c1-7-8(2)19-12(9(7)5-13)14(6-11(17)18)4-3-10(15)16/h3-4,6H2,1-2H3,(H,15,16)(H,17,18). The van der Waals surface area contributed by atoms with Crippen LogP contribution in [-0.2, 0) is 9.59 Å². The number of nitrogens with zero attached hydrogens (tertiary/aromatic N) is 2. The summed E-state index contributed by atoms with van der Waals surface area (Å²) in [6, 6.07) is 2.05. The molecule has 2 N–H and O–H groups in total. The second kappa shape index (κ2) is 6.20. The van der Waals surface area contributed by atoms with Gasteiger partial charge in [-0.25, -0.2) is 0 Å². The highest BCUT2D eigenvalue weighted by Crippen LogP contribution is 2.34. The minimum atomic E-state index is -1.06. The summed E-state index contributed by atoms with van der Waals surface area (Å²) in [5.41, 5.74) is 1.24. The topological polar surface area (TPSA) is 102 Å². The van der Waals surface area contributed by atoms with Crippen molar-refractivity contribution in [1.29, 1.82) is 5.26 Å². The van der Waals surface area contributed by atoms with Gasteiger partial charge in [0.25, 0.3) is 0 Å². The predicted octanol–water partition coefficient (Wildman–Crippen LogP) is 1.60. The van der Waals surface area contributed by atoms with Gasteiger partial charge in [0.2, 0.25) is 0 Å².